The van der Waals surface area contributed by atoms with Gasteiger partial charge in [-0.25, -0.2) is 0 Å². The van der Waals surface area contributed by atoms with Crippen LogP contribution in [0.25, 0.3) is 0 Å². The van der Waals surface area contributed by atoms with E-state index < -0.39 is 0 Å². The van der Waals surface area contributed by atoms with Crippen molar-refractivity contribution in [2.24, 2.45) is 0 Å². The number of hydrogen-bond donors (Lipinski definition) is 0. The molecule has 90 valence electrons. The molecule has 0 aliphatic rings. The molecule has 1 heterocycles. The van der Waals surface area contributed by atoms with Crippen molar-refractivity contribution in [2.75, 3.05) is 0 Å². The molecule has 0 aliphatic carbocycles. The lowest BCUT2D eigenvalue weighted by atomic mass is 10.0. The van der Waals surface area contributed by atoms with Crippen LogP contribution in [0.3, 0.4) is 0 Å². The molecule has 0 bridgehead atoms. The summed E-state index contributed by atoms with van der Waals surface area (Å²) in [4.78, 5) is 13.0. The number of halogens is 1. The van der Waals surface area contributed by atoms with E-state index >= 15 is 0 Å². The minimum Gasteiger partial charge on any atom is -0.294 e. The monoisotopic (exact) mass is 302 g/mol. The van der Waals surface area contributed by atoms with Crippen LogP contribution in [0.2, 0.25) is 0 Å². The van der Waals surface area contributed by atoms with Crippen molar-refractivity contribution in [3.63, 3.8) is 0 Å². The molecule has 0 spiro atoms. The summed E-state index contributed by atoms with van der Waals surface area (Å²) in [5.74, 6) is 0.302. The first-order valence-electron chi connectivity index (χ1n) is 5.94. The third-order valence-corrected chi connectivity index (χ3v) is 4.25. The Bertz CT molecular complexity index is 344. The Morgan fingerprint density at radius 3 is 2.56 bits per heavy atom. The number of hydrogen-bond acceptors (Lipinski definition) is 2. The van der Waals surface area contributed by atoms with Crippen LogP contribution >= 0.6 is 27.3 Å². The zero-order chi connectivity index (χ0) is 12.0. The number of ketones is 1. The molecular formula is C13H19BrOS. The number of thiophene rings is 1. The van der Waals surface area contributed by atoms with Crippen LogP contribution < -0.4 is 0 Å². The van der Waals surface area contributed by atoms with E-state index in [2.05, 4.69) is 22.9 Å². The van der Waals surface area contributed by atoms with Crippen molar-refractivity contribution in [3.05, 3.63) is 20.3 Å². The third kappa shape index (κ3) is 4.38. The minimum atomic E-state index is 0.302. The zero-order valence-corrected chi connectivity index (χ0v) is 12.4. The summed E-state index contributed by atoms with van der Waals surface area (Å²) in [5, 5.41) is 0. The average molecular weight is 303 g/mol. The fourth-order valence-corrected chi connectivity index (χ4v) is 3.46. The lowest BCUT2D eigenvalue weighted by Crippen LogP contribution is -1.98. The van der Waals surface area contributed by atoms with Crippen LogP contribution in [0.4, 0.5) is 0 Å². The molecule has 0 fully saturated rings. The maximum atomic E-state index is 11.9. The molecule has 3 heteroatoms. The fraction of sp³-hybridized carbons (Fsp3) is 0.615. The highest BCUT2D eigenvalue weighted by Crippen LogP contribution is 2.27. The number of carbonyl (C=O) groups excluding carboxylic acids is 1. The second-order valence-corrected chi connectivity index (χ2v) is 6.74. The lowest BCUT2D eigenvalue weighted by Gasteiger charge is -2.00. The van der Waals surface area contributed by atoms with E-state index in [1.165, 1.54) is 25.7 Å². The smallest absolute Gasteiger partial charge is 0.164 e. The van der Waals surface area contributed by atoms with Gasteiger partial charge in [-0.2, -0.15) is 0 Å². The normalized spacial score (nSPS) is 10.7. The maximum Gasteiger partial charge on any atom is 0.164 e. The second-order valence-electron chi connectivity index (χ2n) is 4.11. The molecule has 0 atom stereocenters. The Labute approximate surface area is 110 Å². The molecule has 0 aromatic carbocycles. The van der Waals surface area contributed by atoms with Crippen LogP contribution in [0, 0.1) is 6.92 Å². The van der Waals surface area contributed by atoms with Crippen molar-refractivity contribution < 1.29 is 4.79 Å². The van der Waals surface area contributed by atoms with E-state index in [1.54, 1.807) is 11.3 Å². The quantitative estimate of drug-likeness (QED) is 0.489. The van der Waals surface area contributed by atoms with Crippen LogP contribution in [-0.2, 0) is 0 Å². The van der Waals surface area contributed by atoms with E-state index in [1.807, 2.05) is 13.0 Å². The van der Waals surface area contributed by atoms with Crippen LogP contribution in [0.5, 0.6) is 0 Å². The Hall–Kier alpha value is -0.150. The van der Waals surface area contributed by atoms with E-state index in [0.717, 1.165) is 20.6 Å². The van der Waals surface area contributed by atoms with Crippen molar-refractivity contribution in [1.29, 1.82) is 0 Å². The number of carbonyl (C=O) groups is 1. The van der Waals surface area contributed by atoms with Crippen LogP contribution in [0.1, 0.15) is 60.7 Å². The molecule has 1 rings (SSSR count). The summed E-state index contributed by atoms with van der Waals surface area (Å²) in [6.45, 7) is 4.22. The SMILES string of the molecule is CCCCCCCC(=O)c1cc(Br)sc1C. The summed E-state index contributed by atoms with van der Waals surface area (Å²) in [6, 6.07) is 1.95. The predicted octanol–water partition coefficient (Wildman–Crippen LogP) is 5.36. The molecule has 0 amide bonds. The van der Waals surface area contributed by atoms with Crippen molar-refractivity contribution >= 4 is 33.0 Å². The number of Topliss-reactive ketones (excluding diaryl/α,β-unsaturated/α-hetero) is 1. The summed E-state index contributed by atoms with van der Waals surface area (Å²) in [6.07, 6.45) is 6.72. The fourth-order valence-electron chi connectivity index (χ4n) is 1.75. The summed E-state index contributed by atoms with van der Waals surface area (Å²) >= 11 is 5.06. The predicted molar refractivity (Wildman–Crippen MR) is 74.5 cm³/mol. The molecule has 1 aromatic rings. The largest absolute Gasteiger partial charge is 0.294 e. The molecule has 0 radical (unpaired) electrons. The van der Waals surface area contributed by atoms with Gasteiger partial charge in [-0.1, -0.05) is 32.6 Å². The van der Waals surface area contributed by atoms with Gasteiger partial charge in [0.05, 0.1) is 3.79 Å². The van der Waals surface area contributed by atoms with E-state index in [9.17, 15) is 4.79 Å². The maximum absolute atomic E-state index is 11.9. The summed E-state index contributed by atoms with van der Waals surface area (Å²) < 4.78 is 1.05. The van der Waals surface area contributed by atoms with E-state index in [-0.39, 0.29) is 0 Å². The van der Waals surface area contributed by atoms with Gasteiger partial charge in [0.15, 0.2) is 5.78 Å². The second kappa shape index (κ2) is 7.23. The molecule has 0 aliphatic heterocycles. The topological polar surface area (TPSA) is 17.1 Å². The highest BCUT2D eigenvalue weighted by Gasteiger charge is 2.11. The van der Waals surface area contributed by atoms with Crippen molar-refractivity contribution in [2.45, 2.75) is 52.4 Å². The van der Waals surface area contributed by atoms with E-state index in [0.29, 0.717) is 12.2 Å². The lowest BCUT2D eigenvalue weighted by molar-refractivity contribution is 0.0979. The molecule has 0 unspecified atom stereocenters. The van der Waals surface area contributed by atoms with E-state index in [4.69, 9.17) is 0 Å². The summed E-state index contributed by atoms with van der Waals surface area (Å²) in [5.41, 5.74) is 0.910. The highest BCUT2D eigenvalue weighted by molar-refractivity contribution is 9.11. The number of aryl methyl sites for hydroxylation is 1. The van der Waals surface area contributed by atoms with Crippen molar-refractivity contribution in [3.8, 4) is 0 Å². The Balaban J connectivity index is 2.33. The van der Waals surface area contributed by atoms with Gasteiger partial charge in [-0.3, -0.25) is 4.79 Å². The van der Waals surface area contributed by atoms with Gasteiger partial charge in [-0.15, -0.1) is 11.3 Å². The molecule has 0 saturated carbocycles. The zero-order valence-electron chi connectivity index (χ0n) is 10.0. The molecular weight excluding hydrogens is 284 g/mol. The molecule has 0 saturated heterocycles. The van der Waals surface area contributed by atoms with Crippen molar-refractivity contribution in [1.82, 2.24) is 0 Å². The first-order valence-corrected chi connectivity index (χ1v) is 7.55. The van der Waals surface area contributed by atoms with Gasteiger partial charge in [-0.05, 0) is 35.3 Å². The van der Waals surface area contributed by atoms with Gasteiger partial charge < -0.3 is 0 Å². The standard InChI is InChI=1S/C13H19BrOS/c1-3-4-5-6-7-8-12(15)11-9-13(14)16-10(11)2/h9H,3-8H2,1-2H3. The van der Waals surface area contributed by atoms with Gasteiger partial charge in [0.1, 0.15) is 0 Å². The van der Waals surface area contributed by atoms with Crippen LogP contribution in [0.15, 0.2) is 9.85 Å². The molecule has 1 aromatic heterocycles. The van der Waals surface area contributed by atoms with Crippen LogP contribution in [-0.4, -0.2) is 5.78 Å². The van der Waals surface area contributed by atoms with Gasteiger partial charge in [0, 0.05) is 16.9 Å². The summed E-state index contributed by atoms with van der Waals surface area (Å²) in [7, 11) is 0. The first kappa shape index (κ1) is 13.9. The van der Waals surface area contributed by atoms with Gasteiger partial charge in [0.2, 0.25) is 0 Å². The van der Waals surface area contributed by atoms with Gasteiger partial charge >= 0.3 is 0 Å². The average Bonchev–Trinajstić information content (AvgIpc) is 2.57. The number of rotatable bonds is 7. The molecule has 0 N–H and O–H groups in total. The molecule has 16 heavy (non-hydrogen) atoms. The van der Waals surface area contributed by atoms with Gasteiger partial charge in [0.25, 0.3) is 0 Å². The first-order chi connectivity index (χ1) is 7.65. The molecule has 1 nitrogen and oxygen atoms in total. The Kier molecular flexibility index (Phi) is 6.29. The Morgan fingerprint density at radius 1 is 1.31 bits per heavy atom. The number of unbranched alkanes of at least 4 members (excludes halogenated alkanes) is 4. The third-order valence-electron chi connectivity index (χ3n) is 2.70. The highest BCUT2D eigenvalue weighted by atomic mass is 79.9. The Morgan fingerprint density at radius 2 is 2.00 bits per heavy atom. The minimum absolute atomic E-state index is 0.302.